The van der Waals surface area contributed by atoms with Crippen LogP contribution >= 0.6 is 0 Å². The van der Waals surface area contributed by atoms with Crippen LogP contribution in [0, 0.1) is 0 Å². The standard InChI is InChI=1S/C33H20N4O/c38-33-25-19-23(21-9-3-1-4-10-21)15-17-26(25)34-32-31-35-27-18-16-24(22-11-5-2-6-12-22)20-30(27)36(31)28-13-7-8-14-29(28)37(32)33/h1-20H. The second-order valence-electron chi connectivity index (χ2n) is 9.50. The Morgan fingerprint density at radius 1 is 0.447 bits per heavy atom. The molecule has 178 valence electrons. The van der Waals surface area contributed by atoms with E-state index in [9.17, 15) is 4.79 Å². The molecule has 5 heteroatoms. The van der Waals surface area contributed by atoms with Gasteiger partial charge in [0, 0.05) is 0 Å². The maximum atomic E-state index is 14.1. The van der Waals surface area contributed by atoms with E-state index in [1.54, 1.807) is 4.40 Å². The predicted molar refractivity (Wildman–Crippen MR) is 154 cm³/mol. The van der Waals surface area contributed by atoms with Crippen LogP contribution in [-0.2, 0) is 0 Å². The van der Waals surface area contributed by atoms with Crippen LogP contribution in [0.1, 0.15) is 0 Å². The minimum absolute atomic E-state index is 0.0986. The molecule has 0 atom stereocenters. The monoisotopic (exact) mass is 488 g/mol. The molecule has 0 spiro atoms. The Morgan fingerprint density at radius 2 is 0.974 bits per heavy atom. The third-order valence-corrected chi connectivity index (χ3v) is 7.30. The molecule has 5 aromatic carbocycles. The Morgan fingerprint density at radius 3 is 1.66 bits per heavy atom. The Labute approximate surface area is 216 Å². The molecule has 0 fully saturated rings. The molecule has 0 bridgehead atoms. The van der Waals surface area contributed by atoms with E-state index in [-0.39, 0.29) is 5.56 Å². The van der Waals surface area contributed by atoms with E-state index in [1.807, 2.05) is 97.1 Å². The average Bonchev–Trinajstić information content (AvgIpc) is 3.37. The second kappa shape index (κ2) is 7.85. The fraction of sp³-hybridized carbons (Fsp3) is 0. The molecule has 0 saturated carbocycles. The van der Waals surface area contributed by atoms with Gasteiger partial charge in [0.15, 0.2) is 11.3 Å². The molecule has 38 heavy (non-hydrogen) atoms. The maximum absolute atomic E-state index is 14.1. The van der Waals surface area contributed by atoms with Gasteiger partial charge in [0.1, 0.15) is 0 Å². The smallest absolute Gasteiger partial charge is 0.266 e. The number of hydrogen-bond donors (Lipinski definition) is 0. The number of rotatable bonds is 2. The van der Waals surface area contributed by atoms with Crippen molar-refractivity contribution in [3.05, 3.63) is 132 Å². The summed E-state index contributed by atoms with van der Waals surface area (Å²) in [5.74, 6) is 0. The van der Waals surface area contributed by atoms with Crippen LogP contribution in [0.15, 0.2) is 126 Å². The Balaban J connectivity index is 1.50. The summed E-state index contributed by atoms with van der Waals surface area (Å²) in [6.45, 7) is 0. The van der Waals surface area contributed by atoms with Crippen molar-refractivity contribution >= 4 is 44.3 Å². The number of nitrogens with zero attached hydrogens (tertiary/aromatic N) is 4. The van der Waals surface area contributed by atoms with E-state index in [4.69, 9.17) is 9.97 Å². The molecule has 8 rings (SSSR count). The van der Waals surface area contributed by atoms with Crippen molar-refractivity contribution in [3.63, 3.8) is 0 Å². The van der Waals surface area contributed by atoms with Crippen LogP contribution in [-0.4, -0.2) is 18.8 Å². The van der Waals surface area contributed by atoms with Gasteiger partial charge in [0.25, 0.3) is 5.56 Å². The molecular formula is C33H20N4O. The number of benzene rings is 5. The van der Waals surface area contributed by atoms with Crippen molar-refractivity contribution in [1.29, 1.82) is 0 Å². The largest absolute Gasteiger partial charge is 0.288 e. The summed E-state index contributed by atoms with van der Waals surface area (Å²) in [7, 11) is 0. The summed E-state index contributed by atoms with van der Waals surface area (Å²) in [5, 5.41) is 0.584. The van der Waals surface area contributed by atoms with E-state index < -0.39 is 0 Å². The third-order valence-electron chi connectivity index (χ3n) is 7.30. The van der Waals surface area contributed by atoms with Gasteiger partial charge in [-0.15, -0.1) is 0 Å². The lowest BCUT2D eigenvalue weighted by Gasteiger charge is -2.11. The zero-order chi connectivity index (χ0) is 25.2. The Hall–Kier alpha value is -5.29. The lowest BCUT2D eigenvalue weighted by Crippen LogP contribution is -2.17. The molecule has 3 aromatic heterocycles. The van der Waals surface area contributed by atoms with Crippen LogP contribution in [0.2, 0.25) is 0 Å². The number of aromatic nitrogens is 4. The predicted octanol–water partition coefficient (Wildman–Crippen LogP) is 7.14. The first-order valence-electron chi connectivity index (χ1n) is 12.6. The summed E-state index contributed by atoms with van der Waals surface area (Å²) in [4.78, 5) is 24.1. The van der Waals surface area contributed by atoms with Gasteiger partial charge < -0.3 is 0 Å². The Bertz CT molecular complexity index is 2250. The van der Waals surface area contributed by atoms with Crippen LogP contribution in [0.3, 0.4) is 0 Å². The van der Waals surface area contributed by atoms with E-state index in [1.165, 1.54) is 0 Å². The van der Waals surface area contributed by atoms with Gasteiger partial charge in [0.05, 0.1) is 33.0 Å². The number of para-hydroxylation sites is 2. The topological polar surface area (TPSA) is 51.7 Å². The first-order chi connectivity index (χ1) is 18.8. The molecule has 5 nitrogen and oxygen atoms in total. The molecule has 0 aliphatic rings. The molecular weight excluding hydrogens is 468 g/mol. The fourth-order valence-corrected chi connectivity index (χ4v) is 5.49. The summed E-state index contributed by atoms with van der Waals surface area (Å²) >= 11 is 0. The van der Waals surface area contributed by atoms with E-state index >= 15 is 0 Å². The van der Waals surface area contributed by atoms with Gasteiger partial charge >= 0.3 is 0 Å². The highest BCUT2D eigenvalue weighted by atomic mass is 16.1. The van der Waals surface area contributed by atoms with Crippen molar-refractivity contribution in [2.24, 2.45) is 0 Å². The zero-order valence-corrected chi connectivity index (χ0v) is 20.2. The minimum atomic E-state index is -0.0986. The highest BCUT2D eigenvalue weighted by Gasteiger charge is 2.18. The number of fused-ring (bicyclic) bond motifs is 9. The van der Waals surface area contributed by atoms with Crippen LogP contribution in [0.25, 0.3) is 66.5 Å². The van der Waals surface area contributed by atoms with Crippen molar-refractivity contribution in [2.75, 3.05) is 0 Å². The van der Waals surface area contributed by atoms with Gasteiger partial charge in [-0.3, -0.25) is 13.6 Å². The van der Waals surface area contributed by atoms with Crippen LogP contribution < -0.4 is 5.56 Å². The van der Waals surface area contributed by atoms with Crippen molar-refractivity contribution in [2.45, 2.75) is 0 Å². The molecule has 3 heterocycles. The van der Waals surface area contributed by atoms with Gasteiger partial charge in [-0.25, -0.2) is 9.97 Å². The van der Waals surface area contributed by atoms with Gasteiger partial charge in [0.2, 0.25) is 0 Å². The molecule has 0 unspecified atom stereocenters. The summed E-state index contributed by atoms with van der Waals surface area (Å²) in [6, 6.07) is 40.6. The van der Waals surface area contributed by atoms with Crippen LogP contribution in [0.4, 0.5) is 0 Å². The van der Waals surface area contributed by atoms with Gasteiger partial charge in [-0.05, 0) is 58.7 Å². The van der Waals surface area contributed by atoms with Gasteiger partial charge in [-0.2, -0.15) is 0 Å². The van der Waals surface area contributed by atoms with Crippen LogP contribution in [0.5, 0.6) is 0 Å². The minimum Gasteiger partial charge on any atom is -0.288 e. The van der Waals surface area contributed by atoms with Crippen molar-refractivity contribution in [3.8, 4) is 22.3 Å². The van der Waals surface area contributed by atoms with Crippen molar-refractivity contribution in [1.82, 2.24) is 18.8 Å². The quantitative estimate of drug-likeness (QED) is 0.192. The number of hydrogen-bond acceptors (Lipinski definition) is 3. The van der Waals surface area contributed by atoms with Gasteiger partial charge in [-0.1, -0.05) is 84.9 Å². The number of imidazole rings is 1. The molecule has 0 aliphatic carbocycles. The summed E-state index contributed by atoms with van der Waals surface area (Å²) < 4.78 is 3.84. The highest BCUT2D eigenvalue weighted by Crippen LogP contribution is 2.30. The molecule has 8 aromatic rings. The first-order valence-corrected chi connectivity index (χ1v) is 12.6. The summed E-state index contributed by atoms with van der Waals surface area (Å²) in [5.41, 5.74) is 9.61. The lowest BCUT2D eigenvalue weighted by atomic mass is 10.0. The molecule has 0 radical (unpaired) electrons. The highest BCUT2D eigenvalue weighted by molar-refractivity contribution is 5.97. The van der Waals surface area contributed by atoms with E-state index in [2.05, 4.69) is 28.7 Å². The first kappa shape index (κ1) is 20.9. The normalized spacial score (nSPS) is 11.8. The molecule has 0 aliphatic heterocycles. The SMILES string of the molecule is O=c1c2cc(-c3ccccc3)ccc2nc2c3nc4ccc(-c5ccccc5)cc4n3c3ccccc3n12. The zero-order valence-electron chi connectivity index (χ0n) is 20.2. The third kappa shape index (κ3) is 2.96. The lowest BCUT2D eigenvalue weighted by molar-refractivity contribution is 1.10. The van der Waals surface area contributed by atoms with Crippen molar-refractivity contribution < 1.29 is 0 Å². The molecule has 0 saturated heterocycles. The second-order valence-corrected chi connectivity index (χ2v) is 9.50. The summed E-state index contributed by atoms with van der Waals surface area (Å²) in [6.07, 6.45) is 0. The Kier molecular flexibility index (Phi) is 4.31. The van der Waals surface area contributed by atoms with E-state index in [0.29, 0.717) is 22.2 Å². The maximum Gasteiger partial charge on any atom is 0.266 e. The fourth-order valence-electron chi connectivity index (χ4n) is 5.49. The van der Waals surface area contributed by atoms with E-state index in [0.717, 1.165) is 44.3 Å². The molecule has 0 N–H and O–H groups in total. The average molecular weight is 489 g/mol. The molecule has 0 amide bonds.